The Morgan fingerprint density at radius 2 is 2.19 bits per heavy atom. The van der Waals surface area contributed by atoms with Gasteiger partial charge in [-0.1, -0.05) is 17.8 Å². The lowest BCUT2D eigenvalue weighted by Gasteiger charge is -2.26. The fraction of sp³-hybridized carbons (Fsp3) is 0.368. The molecule has 9 nitrogen and oxygen atoms in total. The second kappa shape index (κ2) is 9.40. The molecule has 1 aromatic carbocycles. The molecule has 2 aromatic rings. The molecule has 0 saturated heterocycles. The molecule has 0 saturated carbocycles. The Morgan fingerprint density at radius 1 is 1.35 bits per heavy atom. The summed E-state index contributed by atoms with van der Waals surface area (Å²) in [4.78, 5) is 8.89. The van der Waals surface area contributed by atoms with Gasteiger partial charge in [-0.2, -0.15) is 9.93 Å². The van der Waals surface area contributed by atoms with E-state index in [9.17, 15) is 4.53 Å². The topological polar surface area (TPSA) is 102 Å². The van der Waals surface area contributed by atoms with E-state index in [0.717, 1.165) is 0 Å². The van der Waals surface area contributed by atoms with Crippen molar-refractivity contribution in [2.75, 3.05) is 39.3 Å². The number of hydrogen-bond donors (Lipinski definition) is 2. The molecule has 2 aliphatic heterocycles. The van der Waals surface area contributed by atoms with Crippen LogP contribution in [0.3, 0.4) is 0 Å². The number of hydrogen-bond acceptors (Lipinski definition) is 10. The maximum atomic E-state index is 12.5. The minimum Gasteiger partial charge on any atom is -0.497 e. The monoisotopic (exact) mass is 468 g/mol. The number of nitrogens with two attached hydrogens (primary N) is 1. The van der Waals surface area contributed by atoms with Crippen LogP contribution in [0.15, 0.2) is 35.1 Å². The predicted octanol–water partition coefficient (Wildman–Crippen LogP) is 3.82. The minimum atomic E-state index is -0.508. The second-order valence-electron chi connectivity index (χ2n) is 6.55. The highest BCUT2D eigenvalue weighted by molar-refractivity contribution is 8.03. The van der Waals surface area contributed by atoms with Crippen molar-refractivity contribution in [3.8, 4) is 17.2 Å². The van der Waals surface area contributed by atoms with Crippen LogP contribution in [0, 0.1) is 4.77 Å². The number of benzene rings is 1. The van der Waals surface area contributed by atoms with Crippen LogP contribution in [0.4, 0.5) is 16.0 Å². The zero-order valence-electron chi connectivity index (χ0n) is 16.8. The van der Waals surface area contributed by atoms with Gasteiger partial charge >= 0.3 is 0 Å². The first-order valence-corrected chi connectivity index (χ1v) is 10.6. The number of halogens is 1. The van der Waals surface area contributed by atoms with Crippen molar-refractivity contribution in [3.63, 3.8) is 0 Å². The van der Waals surface area contributed by atoms with Crippen LogP contribution < -0.4 is 20.5 Å². The molecule has 1 unspecified atom stereocenters. The summed E-state index contributed by atoms with van der Waals surface area (Å²) in [5.74, 6) is 2.61. The fourth-order valence-corrected chi connectivity index (χ4v) is 5.08. The van der Waals surface area contributed by atoms with Crippen molar-refractivity contribution in [3.05, 3.63) is 39.8 Å². The van der Waals surface area contributed by atoms with Gasteiger partial charge in [0.2, 0.25) is 4.77 Å². The lowest BCUT2D eigenvalue weighted by atomic mass is 10.2. The maximum absolute atomic E-state index is 12.5. The van der Waals surface area contributed by atoms with E-state index in [1.807, 2.05) is 18.2 Å². The van der Waals surface area contributed by atoms with Gasteiger partial charge in [0.15, 0.2) is 17.3 Å². The van der Waals surface area contributed by atoms with Gasteiger partial charge in [-0.25, -0.2) is 0 Å². The molecule has 4 rings (SSSR count). The van der Waals surface area contributed by atoms with E-state index >= 15 is 0 Å². The number of fused-ring (bicyclic) bond motifs is 2. The Balaban J connectivity index is 1.67. The summed E-state index contributed by atoms with van der Waals surface area (Å²) in [7, 11) is 3.05. The van der Waals surface area contributed by atoms with Crippen LogP contribution in [0.5, 0.6) is 17.2 Å². The quantitative estimate of drug-likeness (QED) is 0.474. The van der Waals surface area contributed by atoms with Crippen LogP contribution in [0.2, 0.25) is 0 Å². The van der Waals surface area contributed by atoms with Crippen LogP contribution in [0.1, 0.15) is 5.37 Å². The number of rotatable bonds is 8. The summed E-state index contributed by atoms with van der Waals surface area (Å²) in [6.07, 6.45) is 1.23. The van der Waals surface area contributed by atoms with E-state index in [4.69, 9.17) is 36.9 Å². The van der Waals surface area contributed by atoms with Gasteiger partial charge in [-0.3, -0.25) is 0 Å². The molecule has 2 atom stereocenters. The molecule has 1 aromatic heterocycles. The van der Waals surface area contributed by atoms with E-state index in [1.165, 1.54) is 18.9 Å². The number of anilines is 2. The van der Waals surface area contributed by atoms with Crippen molar-refractivity contribution in [2.24, 2.45) is 5.73 Å². The molecular formula is C19H21FN4O5S2. The molecule has 0 radical (unpaired) electrons. The van der Waals surface area contributed by atoms with Crippen molar-refractivity contribution < 1.29 is 28.4 Å². The van der Waals surface area contributed by atoms with E-state index in [-0.39, 0.29) is 16.8 Å². The lowest BCUT2D eigenvalue weighted by molar-refractivity contribution is -0.119. The molecular weight excluding hydrogens is 447 g/mol. The van der Waals surface area contributed by atoms with Crippen molar-refractivity contribution in [1.82, 2.24) is 9.55 Å². The molecule has 3 N–H and O–H groups in total. The molecule has 2 aliphatic rings. The van der Waals surface area contributed by atoms with Gasteiger partial charge in [0, 0.05) is 13.7 Å². The minimum absolute atomic E-state index is 0.243. The van der Waals surface area contributed by atoms with Crippen LogP contribution >= 0.6 is 24.0 Å². The number of thioether (sulfide) groups is 1. The average molecular weight is 469 g/mol. The van der Waals surface area contributed by atoms with E-state index < -0.39 is 6.10 Å². The number of ether oxygens (including phenoxy) is 4. The summed E-state index contributed by atoms with van der Waals surface area (Å²) in [5.41, 5.74) is 6.19. The third kappa shape index (κ3) is 4.08. The largest absolute Gasteiger partial charge is 0.497 e. The van der Waals surface area contributed by atoms with Crippen molar-refractivity contribution >= 4 is 35.5 Å². The fourth-order valence-electron chi connectivity index (χ4n) is 3.41. The van der Waals surface area contributed by atoms with Crippen LogP contribution in [-0.4, -0.2) is 49.6 Å². The Labute approximate surface area is 187 Å². The van der Waals surface area contributed by atoms with Gasteiger partial charge in [0.1, 0.15) is 41.9 Å². The first kappa shape index (κ1) is 21.8. The first-order valence-electron chi connectivity index (χ1n) is 9.35. The molecule has 3 heterocycles. The normalized spacial score (nSPS) is 19.4. The number of aromatic nitrogens is 2. The molecule has 0 fully saturated rings. The molecule has 0 aliphatic carbocycles. The summed E-state index contributed by atoms with van der Waals surface area (Å²) >= 11 is 6.86. The van der Waals surface area contributed by atoms with Gasteiger partial charge in [0.05, 0.1) is 18.2 Å². The zero-order chi connectivity index (χ0) is 22.0. The lowest BCUT2D eigenvalue weighted by Crippen LogP contribution is -2.24. The predicted molar refractivity (Wildman–Crippen MR) is 116 cm³/mol. The highest BCUT2D eigenvalue weighted by Gasteiger charge is 2.39. The summed E-state index contributed by atoms with van der Waals surface area (Å²) < 4.78 is 37.4. The Morgan fingerprint density at radius 3 is 2.90 bits per heavy atom. The van der Waals surface area contributed by atoms with Gasteiger partial charge in [-0.15, -0.1) is 0 Å². The third-order valence-corrected chi connectivity index (χ3v) is 6.36. The molecule has 12 heteroatoms. The molecule has 0 spiro atoms. The number of methoxy groups -OCH3 is 2. The van der Waals surface area contributed by atoms with Crippen LogP contribution in [0.25, 0.3) is 0 Å². The Kier molecular flexibility index (Phi) is 6.62. The van der Waals surface area contributed by atoms with E-state index in [0.29, 0.717) is 52.6 Å². The van der Waals surface area contributed by atoms with Crippen molar-refractivity contribution in [1.29, 1.82) is 0 Å². The van der Waals surface area contributed by atoms with Gasteiger partial charge in [-0.05, 0) is 28.9 Å². The number of nitrogens with zero attached hydrogens (tertiary/aromatic N) is 2. The van der Waals surface area contributed by atoms with Gasteiger partial charge in [0.25, 0.3) is 0 Å². The summed E-state index contributed by atoms with van der Waals surface area (Å²) in [6, 6.07) is 5.46. The highest BCUT2D eigenvalue weighted by Crippen LogP contribution is 2.49. The first-order chi connectivity index (χ1) is 15.1. The third-order valence-electron chi connectivity index (χ3n) is 4.73. The highest BCUT2D eigenvalue weighted by atomic mass is 32.2. The summed E-state index contributed by atoms with van der Waals surface area (Å²) in [6.45, 7) is 0.520. The average Bonchev–Trinajstić information content (AvgIpc) is 3.13. The van der Waals surface area contributed by atoms with E-state index in [2.05, 4.69) is 15.2 Å². The number of nitrogens with one attached hydrogen (secondary N) is 1. The standard InChI is InChI=1S/C19H21FN4O5S2/c1-25-15-13(9-28-20)31-18(16(15)26-2)24-8-12-17(23-19(24)30)22-14-10(27-7-6-21)4-3-5-11(14)29-12/h3-5,8,16,18H,6-7,9,21H2,1-2H3,(H,22,23,30)/t16?,18-/m1/s1. The molecule has 166 valence electrons. The zero-order valence-corrected chi connectivity index (χ0v) is 18.4. The maximum Gasteiger partial charge on any atom is 0.202 e. The second-order valence-corrected chi connectivity index (χ2v) is 8.12. The van der Waals surface area contributed by atoms with Gasteiger partial charge < -0.3 is 34.6 Å². The molecule has 31 heavy (non-hydrogen) atoms. The van der Waals surface area contributed by atoms with E-state index in [1.54, 1.807) is 17.9 Å². The SMILES string of the molecule is COC1=C(COF)S[C@@H](n2cc3c(nc2=S)Nc2c(OCCN)cccc2O3)C1OC. The summed E-state index contributed by atoms with van der Waals surface area (Å²) in [5, 5.41) is 2.85. The Bertz CT molecular complexity index is 1060. The van der Waals surface area contributed by atoms with Crippen molar-refractivity contribution in [2.45, 2.75) is 11.5 Å². The smallest absolute Gasteiger partial charge is 0.202 e. The molecule has 0 bridgehead atoms. The van der Waals surface area contributed by atoms with Crippen LogP contribution in [-0.2, 0) is 14.4 Å². The molecule has 0 amide bonds. The number of para-hydroxylation sites is 1. The Hall–Kier alpha value is -2.38.